The van der Waals surface area contributed by atoms with E-state index in [1.807, 2.05) is 36.5 Å². The summed E-state index contributed by atoms with van der Waals surface area (Å²) in [5.41, 5.74) is 3.49. The molecule has 1 aromatic heterocycles. The Morgan fingerprint density at radius 1 is 1.09 bits per heavy atom. The first kappa shape index (κ1) is 21.3. The summed E-state index contributed by atoms with van der Waals surface area (Å²) >= 11 is 5.51. The summed E-state index contributed by atoms with van der Waals surface area (Å²) in [5.74, 6) is -0.0564. The van der Waals surface area contributed by atoms with Gasteiger partial charge < -0.3 is 9.88 Å². The van der Waals surface area contributed by atoms with Crippen LogP contribution in [0.25, 0.3) is 17.0 Å². The lowest BCUT2D eigenvalue weighted by Crippen LogP contribution is -2.41. The molecule has 2 aliphatic rings. The molecule has 1 saturated heterocycles. The molecule has 1 N–H and O–H groups in total. The van der Waals surface area contributed by atoms with Gasteiger partial charge in [0, 0.05) is 47.4 Å². The quantitative estimate of drug-likeness (QED) is 0.251. The minimum Gasteiger partial charge on any atom is -0.342 e. The Hall–Kier alpha value is -3.52. The molecule has 1 saturated carbocycles. The molecule has 2 heterocycles. The Kier molecular flexibility index (Phi) is 5.68. The van der Waals surface area contributed by atoms with Crippen molar-refractivity contribution in [3.8, 4) is 0 Å². The lowest BCUT2D eigenvalue weighted by Gasteiger charge is -2.29. The van der Waals surface area contributed by atoms with Crippen molar-refractivity contribution in [3.05, 3.63) is 81.7 Å². The molecule has 3 aromatic rings. The molecule has 168 valence electrons. The minimum atomic E-state index is -0.397. The second-order valence-corrected chi connectivity index (χ2v) is 8.99. The number of hydrogen-bond acceptors (Lipinski definition) is 4. The molecule has 0 bridgehead atoms. The molecule has 1 aliphatic carbocycles. The van der Waals surface area contributed by atoms with Crippen LogP contribution in [0.2, 0.25) is 0 Å². The van der Waals surface area contributed by atoms with Gasteiger partial charge in [-0.2, -0.15) is 0 Å². The summed E-state index contributed by atoms with van der Waals surface area (Å²) in [4.78, 5) is 25.5. The van der Waals surface area contributed by atoms with E-state index in [1.54, 1.807) is 17.0 Å². The number of hydrogen-bond donors (Lipinski definition) is 1. The lowest BCUT2D eigenvalue weighted by molar-refractivity contribution is -0.384. The summed E-state index contributed by atoms with van der Waals surface area (Å²) in [6.07, 6.45) is 9.37. The highest BCUT2D eigenvalue weighted by Crippen LogP contribution is 2.29. The molecule has 7 nitrogen and oxygen atoms in total. The van der Waals surface area contributed by atoms with Gasteiger partial charge in [-0.1, -0.05) is 49.6 Å². The van der Waals surface area contributed by atoms with Crippen LogP contribution in [0.1, 0.15) is 43.2 Å². The maximum absolute atomic E-state index is 13.2. The second kappa shape index (κ2) is 8.78. The Balaban J connectivity index is 1.45. The third-order valence-corrected chi connectivity index (χ3v) is 6.77. The van der Waals surface area contributed by atoms with Crippen LogP contribution in [0, 0.1) is 10.1 Å². The standard InChI is InChI=1S/C25H24N4O3S/c30-24-22(26-25(33)28(24)19-6-2-1-3-7-19)14-18-16-27(23-9-5-4-8-21(18)23)15-17-10-12-20(13-11-17)29(31)32/h4-5,8-14,16,19H,1-3,6-7,15H2,(H,26,33)/b22-14-. The van der Waals surface area contributed by atoms with Crippen LogP contribution in [0.3, 0.4) is 0 Å². The molecular weight excluding hydrogens is 436 g/mol. The number of nitrogens with one attached hydrogen (secondary N) is 1. The lowest BCUT2D eigenvalue weighted by atomic mass is 9.94. The monoisotopic (exact) mass is 460 g/mol. The molecule has 0 unspecified atom stereocenters. The maximum Gasteiger partial charge on any atom is 0.276 e. The predicted octanol–water partition coefficient (Wildman–Crippen LogP) is 4.99. The zero-order valence-electron chi connectivity index (χ0n) is 18.1. The average molecular weight is 461 g/mol. The molecule has 33 heavy (non-hydrogen) atoms. The normalized spacial score (nSPS) is 18.3. The van der Waals surface area contributed by atoms with Crippen LogP contribution in [0.4, 0.5) is 5.69 Å². The summed E-state index contributed by atoms with van der Waals surface area (Å²) in [6.45, 7) is 0.565. The molecule has 1 amide bonds. The summed E-state index contributed by atoms with van der Waals surface area (Å²) in [7, 11) is 0. The Bertz CT molecular complexity index is 1270. The van der Waals surface area contributed by atoms with Gasteiger partial charge in [0.15, 0.2) is 5.11 Å². The molecule has 8 heteroatoms. The summed E-state index contributed by atoms with van der Waals surface area (Å²) in [6, 6.07) is 14.8. The van der Waals surface area contributed by atoms with Gasteiger partial charge in [-0.05, 0) is 42.8 Å². The van der Waals surface area contributed by atoms with Gasteiger partial charge in [-0.15, -0.1) is 0 Å². The van der Waals surface area contributed by atoms with Gasteiger partial charge in [0.05, 0.1) is 4.92 Å². The first-order chi connectivity index (χ1) is 16.0. The van der Waals surface area contributed by atoms with Gasteiger partial charge in [0.2, 0.25) is 0 Å². The fraction of sp³-hybridized carbons (Fsp3) is 0.280. The number of non-ortho nitro benzene ring substituents is 1. The van der Waals surface area contributed by atoms with Crippen molar-refractivity contribution < 1.29 is 9.72 Å². The minimum absolute atomic E-state index is 0.0564. The Morgan fingerprint density at radius 3 is 2.55 bits per heavy atom. The van der Waals surface area contributed by atoms with E-state index >= 15 is 0 Å². The van der Waals surface area contributed by atoms with E-state index in [2.05, 4.69) is 9.88 Å². The number of fused-ring (bicyclic) bond motifs is 1. The van der Waals surface area contributed by atoms with Crippen LogP contribution >= 0.6 is 12.2 Å². The van der Waals surface area contributed by atoms with Gasteiger partial charge in [-0.3, -0.25) is 19.8 Å². The number of nitro groups is 1. The molecule has 1 aliphatic heterocycles. The number of nitro benzene ring substituents is 1. The molecule has 0 radical (unpaired) electrons. The number of para-hydroxylation sites is 1. The van der Waals surface area contributed by atoms with E-state index in [4.69, 9.17) is 12.2 Å². The van der Waals surface area contributed by atoms with E-state index in [1.165, 1.54) is 18.6 Å². The van der Waals surface area contributed by atoms with E-state index in [0.717, 1.165) is 47.7 Å². The number of nitrogens with zero attached hydrogens (tertiary/aromatic N) is 3. The SMILES string of the molecule is O=C1/C(=C/c2cn(Cc3ccc([N+](=O)[O-])cc3)c3ccccc23)NC(=S)N1C1CCCCC1. The third kappa shape index (κ3) is 4.14. The third-order valence-electron chi connectivity index (χ3n) is 6.47. The number of amides is 1. The van der Waals surface area contributed by atoms with Crippen molar-refractivity contribution in [3.63, 3.8) is 0 Å². The smallest absolute Gasteiger partial charge is 0.276 e. The van der Waals surface area contributed by atoms with Crippen molar-refractivity contribution in [1.82, 2.24) is 14.8 Å². The predicted molar refractivity (Wildman–Crippen MR) is 132 cm³/mol. The van der Waals surface area contributed by atoms with Crippen LogP contribution < -0.4 is 5.32 Å². The molecule has 2 aromatic carbocycles. The van der Waals surface area contributed by atoms with Gasteiger partial charge in [0.25, 0.3) is 11.6 Å². The maximum atomic E-state index is 13.2. The van der Waals surface area contributed by atoms with E-state index in [-0.39, 0.29) is 17.6 Å². The van der Waals surface area contributed by atoms with E-state index in [0.29, 0.717) is 17.4 Å². The largest absolute Gasteiger partial charge is 0.342 e. The van der Waals surface area contributed by atoms with Crippen LogP contribution in [-0.2, 0) is 11.3 Å². The van der Waals surface area contributed by atoms with E-state index < -0.39 is 4.92 Å². The second-order valence-electron chi connectivity index (χ2n) is 8.61. The average Bonchev–Trinajstić information content (AvgIpc) is 3.31. The van der Waals surface area contributed by atoms with Crippen molar-refractivity contribution in [2.24, 2.45) is 0 Å². The van der Waals surface area contributed by atoms with Crippen LogP contribution in [0.5, 0.6) is 0 Å². The number of benzene rings is 2. The van der Waals surface area contributed by atoms with Crippen molar-refractivity contribution in [2.75, 3.05) is 0 Å². The number of carbonyl (C=O) groups is 1. The topological polar surface area (TPSA) is 80.4 Å². The highest BCUT2D eigenvalue weighted by molar-refractivity contribution is 7.80. The van der Waals surface area contributed by atoms with Crippen LogP contribution in [-0.4, -0.2) is 31.5 Å². The molecule has 5 rings (SSSR count). The highest BCUT2D eigenvalue weighted by Gasteiger charge is 2.36. The summed E-state index contributed by atoms with van der Waals surface area (Å²) < 4.78 is 2.10. The Labute approximate surface area is 196 Å². The van der Waals surface area contributed by atoms with Gasteiger partial charge in [-0.25, -0.2) is 0 Å². The number of rotatable bonds is 5. The number of thiocarbonyl (C=S) groups is 1. The highest BCUT2D eigenvalue weighted by atomic mass is 32.1. The van der Waals surface area contributed by atoms with E-state index in [9.17, 15) is 14.9 Å². The molecular formula is C25H24N4O3S. The molecule has 2 fully saturated rings. The first-order valence-corrected chi connectivity index (χ1v) is 11.6. The fourth-order valence-corrected chi connectivity index (χ4v) is 5.16. The molecule has 0 spiro atoms. The van der Waals surface area contributed by atoms with Crippen molar-refractivity contribution in [2.45, 2.75) is 44.7 Å². The van der Waals surface area contributed by atoms with Gasteiger partial charge >= 0.3 is 0 Å². The molecule has 0 atom stereocenters. The zero-order valence-corrected chi connectivity index (χ0v) is 18.9. The first-order valence-electron chi connectivity index (χ1n) is 11.2. The van der Waals surface area contributed by atoms with Crippen molar-refractivity contribution >= 4 is 45.9 Å². The number of carbonyl (C=O) groups excluding carboxylic acids is 1. The van der Waals surface area contributed by atoms with Crippen LogP contribution in [0.15, 0.2) is 60.4 Å². The zero-order chi connectivity index (χ0) is 22.9. The van der Waals surface area contributed by atoms with Crippen molar-refractivity contribution in [1.29, 1.82) is 0 Å². The fourth-order valence-electron chi connectivity index (χ4n) is 4.82. The summed E-state index contributed by atoms with van der Waals surface area (Å²) in [5, 5.41) is 15.6. The Morgan fingerprint density at radius 2 is 1.82 bits per heavy atom. The van der Waals surface area contributed by atoms with Gasteiger partial charge in [0.1, 0.15) is 5.70 Å². The number of aromatic nitrogens is 1.